The Morgan fingerprint density at radius 2 is 0.734 bits per heavy atom. The van der Waals surface area contributed by atoms with Gasteiger partial charge >= 0.3 is 24.1 Å². The number of carbonyl (C=O) groups is 4. The first kappa shape index (κ1) is 54.3. The van der Waals surface area contributed by atoms with Crippen LogP contribution in [0.15, 0.2) is 121 Å². The van der Waals surface area contributed by atoms with E-state index in [4.69, 9.17) is 31.2 Å². The predicted molar refractivity (Wildman–Crippen MR) is 249 cm³/mol. The first-order valence-corrected chi connectivity index (χ1v) is 21.5. The third kappa shape index (κ3) is 26.0. The van der Waals surface area contributed by atoms with Crippen molar-refractivity contribution in [2.45, 2.75) is 140 Å². The topological polar surface area (TPSA) is 244 Å². The molecule has 4 rings (SSSR count). The molecule has 0 aliphatic carbocycles. The van der Waals surface area contributed by atoms with E-state index < -0.39 is 59.6 Å². The predicted octanol–water partition coefficient (Wildman–Crippen LogP) is 6.82. The summed E-state index contributed by atoms with van der Waals surface area (Å²) in [6.07, 6.45) is -0.0274. The van der Waals surface area contributed by atoms with Crippen LogP contribution < -0.4 is 22.1 Å². The van der Waals surface area contributed by atoms with Crippen molar-refractivity contribution >= 4 is 24.1 Å². The molecule has 0 fully saturated rings. The lowest BCUT2D eigenvalue weighted by Gasteiger charge is -2.27. The zero-order chi connectivity index (χ0) is 47.7. The second-order valence-corrected chi connectivity index (χ2v) is 17.7. The van der Waals surface area contributed by atoms with Gasteiger partial charge in [-0.1, -0.05) is 121 Å². The molecule has 10 N–H and O–H groups in total. The Bertz CT molecular complexity index is 1780. The van der Waals surface area contributed by atoms with Gasteiger partial charge < -0.3 is 52.0 Å². The van der Waals surface area contributed by atoms with Gasteiger partial charge in [-0.15, -0.1) is 0 Å². The number of carboxylic acid groups (broad SMARTS) is 2. The van der Waals surface area contributed by atoms with E-state index in [-0.39, 0.29) is 24.9 Å². The number of carbonyl (C=O) groups excluding carboxylic acids is 2. The first-order valence-electron chi connectivity index (χ1n) is 21.5. The summed E-state index contributed by atoms with van der Waals surface area (Å²) in [6, 6.07) is 38.0. The highest BCUT2D eigenvalue weighted by Gasteiger charge is 2.26. The molecule has 0 radical (unpaired) electrons. The Hall–Kier alpha value is -5.80. The minimum atomic E-state index is -1.08. The van der Waals surface area contributed by atoms with Crippen molar-refractivity contribution in [3.8, 4) is 0 Å². The van der Waals surface area contributed by atoms with Gasteiger partial charge in [-0.2, -0.15) is 0 Å². The van der Waals surface area contributed by atoms with Crippen molar-refractivity contribution in [1.29, 1.82) is 0 Å². The molecular weight excluding hydrogens is 817 g/mol. The van der Waals surface area contributed by atoms with E-state index in [1.165, 1.54) is 0 Å². The fourth-order valence-corrected chi connectivity index (χ4v) is 6.32. The largest absolute Gasteiger partial charge is 0.481 e. The van der Waals surface area contributed by atoms with Gasteiger partial charge in [0.25, 0.3) is 0 Å². The zero-order valence-electron chi connectivity index (χ0n) is 38.1. The number of nitrogens with two attached hydrogens (primary N) is 2. The second kappa shape index (κ2) is 28.1. The zero-order valence-corrected chi connectivity index (χ0v) is 38.1. The molecule has 350 valence electrons. The number of ether oxygens (including phenoxy) is 2. The monoisotopic (exact) mass is 887 g/mol. The van der Waals surface area contributed by atoms with E-state index in [1.54, 1.807) is 0 Å². The molecule has 0 bridgehead atoms. The van der Waals surface area contributed by atoms with Crippen molar-refractivity contribution in [3.63, 3.8) is 0 Å². The maximum Gasteiger partial charge on any atom is 0.407 e. The molecule has 0 saturated carbocycles. The number of hydrogen-bond acceptors (Lipinski definition) is 10. The van der Waals surface area contributed by atoms with Gasteiger partial charge in [-0.25, -0.2) is 9.59 Å². The molecule has 0 spiro atoms. The Balaban J connectivity index is 0.000000376. The van der Waals surface area contributed by atoms with E-state index in [9.17, 15) is 29.4 Å². The minimum absolute atomic E-state index is 0.283. The fourth-order valence-electron chi connectivity index (χ4n) is 6.32. The van der Waals surface area contributed by atoms with Crippen LogP contribution in [-0.4, -0.2) is 92.1 Å². The number of hydrogen-bond donors (Lipinski definition) is 8. The molecule has 4 aromatic carbocycles. The number of benzene rings is 4. The average Bonchev–Trinajstić information content (AvgIpc) is 3.20. The molecule has 4 aromatic rings. The Labute approximate surface area is 378 Å². The number of alkyl carbamates (subject to hydrolysis) is 2. The molecule has 0 heterocycles. The van der Waals surface area contributed by atoms with Gasteiger partial charge in [-0.05, 0) is 102 Å². The molecule has 0 aromatic heterocycles. The Morgan fingerprint density at radius 1 is 0.484 bits per heavy atom. The Kier molecular flexibility index (Phi) is 23.8. The highest BCUT2D eigenvalue weighted by molar-refractivity contribution is 5.75. The summed E-state index contributed by atoms with van der Waals surface area (Å²) in [5.41, 5.74) is 15.6. The molecule has 14 heteroatoms. The molecule has 0 saturated heterocycles. The molecule has 14 nitrogen and oxygen atoms in total. The molecule has 6 unspecified atom stereocenters. The smallest absolute Gasteiger partial charge is 0.407 e. The van der Waals surface area contributed by atoms with Crippen LogP contribution in [0.1, 0.15) is 89.5 Å². The molecule has 0 aliphatic heterocycles. The summed E-state index contributed by atoms with van der Waals surface area (Å²) in [7, 11) is 0. The number of nitrogens with one attached hydrogen (secondary N) is 2. The van der Waals surface area contributed by atoms with Crippen molar-refractivity contribution < 1.29 is 49.1 Å². The lowest BCUT2D eigenvalue weighted by Crippen LogP contribution is -2.46. The summed E-state index contributed by atoms with van der Waals surface area (Å²) < 4.78 is 10.8. The van der Waals surface area contributed by atoms with Crippen molar-refractivity contribution in [2.75, 3.05) is 0 Å². The third-order valence-electron chi connectivity index (χ3n) is 9.31. The van der Waals surface area contributed by atoms with Gasteiger partial charge in [0.2, 0.25) is 0 Å². The van der Waals surface area contributed by atoms with Crippen LogP contribution in [0.5, 0.6) is 0 Å². The van der Waals surface area contributed by atoms with E-state index in [0.717, 1.165) is 22.3 Å². The maximum atomic E-state index is 12.3. The van der Waals surface area contributed by atoms with Crippen LogP contribution in [-0.2, 0) is 44.7 Å². The number of rotatable bonds is 19. The highest BCUT2D eigenvalue weighted by atomic mass is 16.6. The summed E-state index contributed by atoms with van der Waals surface area (Å²) >= 11 is 0. The number of carboxylic acids is 2. The molecule has 64 heavy (non-hydrogen) atoms. The summed E-state index contributed by atoms with van der Waals surface area (Å²) in [5, 5.41) is 42.9. The van der Waals surface area contributed by atoms with Crippen LogP contribution in [0.4, 0.5) is 9.59 Å². The van der Waals surface area contributed by atoms with Crippen molar-refractivity contribution in [2.24, 2.45) is 11.5 Å². The van der Waals surface area contributed by atoms with E-state index in [0.29, 0.717) is 38.5 Å². The normalized spacial score (nSPS) is 14.0. The van der Waals surface area contributed by atoms with E-state index in [1.807, 2.05) is 163 Å². The third-order valence-corrected chi connectivity index (χ3v) is 9.31. The maximum absolute atomic E-state index is 12.3. The minimum Gasteiger partial charge on any atom is -0.481 e. The summed E-state index contributed by atoms with van der Waals surface area (Å²) in [5.74, 6) is -2.15. The lowest BCUT2D eigenvalue weighted by molar-refractivity contribution is -0.143. The molecule has 6 atom stereocenters. The quantitative estimate of drug-likeness (QED) is 0.0484. The standard InChI is InChI=1S/2C23H32N2O3.C4H6O4/c2*1-23(2,3)28-22(27)25-19(14-17-10-6-4-7-11-17)16-21(26)20(24)15-18-12-8-5-9-13-18;5-3(6)1-2-4(7)8/h2*4-13,19-21,26H,14-16,24H2,1-3H3,(H,25,27);1-2H2,(H,5,6)(H,7,8). The lowest BCUT2D eigenvalue weighted by atomic mass is 9.94. The number of aliphatic hydroxyl groups is 2. The van der Waals surface area contributed by atoms with Gasteiger partial charge in [-0.3, -0.25) is 9.59 Å². The van der Waals surface area contributed by atoms with Gasteiger partial charge in [0.1, 0.15) is 11.2 Å². The first-order chi connectivity index (χ1) is 30.1. The van der Waals surface area contributed by atoms with E-state index in [2.05, 4.69) is 10.6 Å². The number of amides is 2. The van der Waals surface area contributed by atoms with Gasteiger partial charge in [0, 0.05) is 24.2 Å². The van der Waals surface area contributed by atoms with Gasteiger partial charge in [0.05, 0.1) is 25.0 Å². The van der Waals surface area contributed by atoms with E-state index >= 15 is 0 Å². The van der Waals surface area contributed by atoms with Crippen molar-refractivity contribution in [1.82, 2.24) is 10.6 Å². The fraction of sp³-hybridized carbons (Fsp3) is 0.440. The van der Waals surface area contributed by atoms with Crippen molar-refractivity contribution in [3.05, 3.63) is 144 Å². The van der Waals surface area contributed by atoms with Crippen LogP contribution in [0.25, 0.3) is 0 Å². The van der Waals surface area contributed by atoms with Crippen LogP contribution in [0, 0.1) is 0 Å². The highest BCUT2D eigenvalue weighted by Crippen LogP contribution is 2.16. The summed E-state index contributed by atoms with van der Waals surface area (Å²) in [6.45, 7) is 10.9. The number of aliphatic carboxylic acids is 2. The molecular formula is C50H70N4O10. The second-order valence-electron chi connectivity index (χ2n) is 17.7. The van der Waals surface area contributed by atoms with Crippen LogP contribution in [0.3, 0.4) is 0 Å². The summed E-state index contributed by atoms with van der Waals surface area (Å²) in [4.78, 5) is 43.8. The van der Waals surface area contributed by atoms with Crippen LogP contribution in [0.2, 0.25) is 0 Å². The number of aliphatic hydroxyl groups excluding tert-OH is 2. The average molecular weight is 887 g/mol. The van der Waals surface area contributed by atoms with Gasteiger partial charge in [0.15, 0.2) is 0 Å². The molecule has 2 amide bonds. The molecule has 0 aliphatic rings. The SMILES string of the molecule is CC(C)(C)OC(=O)NC(Cc1ccccc1)CC(O)C(N)Cc1ccccc1.CC(C)(C)OC(=O)NC(Cc1ccccc1)CC(O)C(N)Cc1ccccc1.O=C(O)CCC(=O)O. The van der Waals surface area contributed by atoms with Crippen LogP contribution >= 0.6 is 0 Å². The Morgan fingerprint density at radius 3 is 0.969 bits per heavy atom.